The number of amides is 1. The fraction of sp³-hybridized carbons (Fsp3) is 0.417. The molecule has 0 spiro atoms. The minimum atomic E-state index is -0.551. The van der Waals surface area contributed by atoms with Crippen LogP contribution in [-0.4, -0.2) is 18.9 Å². The first-order chi connectivity index (χ1) is 7.89. The number of hydrogen-bond acceptors (Lipinski definition) is 2. The van der Waals surface area contributed by atoms with E-state index in [2.05, 4.69) is 5.32 Å². The van der Waals surface area contributed by atoms with Crippen LogP contribution in [0.1, 0.15) is 19.4 Å². The molecule has 0 radical (unpaired) electrons. The summed E-state index contributed by atoms with van der Waals surface area (Å²) in [7, 11) is 1.57. The van der Waals surface area contributed by atoms with Gasteiger partial charge < -0.3 is 10.1 Å². The smallest absolute Gasteiger partial charge is 0.235 e. The zero-order valence-corrected chi connectivity index (χ0v) is 11.5. The number of ether oxygens (including phenoxy) is 1. The molecule has 94 valence electrons. The maximum atomic E-state index is 11.3. The van der Waals surface area contributed by atoms with E-state index in [0.717, 1.165) is 5.56 Å². The van der Waals surface area contributed by atoms with E-state index in [-0.39, 0.29) is 11.8 Å². The van der Waals surface area contributed by atoms with Crippen molar-refractivity contribution in [1.82, 2.24) is 5.32 Å². The maximum absolute atomic E-state index is 11.3. The van der Waals surface area contributed by atoms with Gasteiger partial charge in [0.25, 0.3) is 0 Å². The number of carbonyl (C=O) groups is 1. The lowest BCUT2D eigenvalue weighted by Gasteiger charge is -2.27. The third kappa shape index (κ3) is 3.79. The summed E-state index contributed by atoms with van der Waals surface area (Å²) in [5.74, 6) is 0.359. The van der Waals surface area contributed by atoms with Gasteiger partial charge in [-0.2, -0.15) is 0 Å². The fourth-order valence-electron chi connectivity index (χ4n) is 1.50. The molecule has 0 aliphatic rings. The van der Waals surface area contributed by atoms with Crippen molar-refractivity contribution in [3.63, 3.8) is 0 Å². The van der Waals surface area contributed by atoms with E-state index in [4.69, 9.17) is 27.9 Å². The lowest BCUT2D eigenvalue weighted by molar-refractivity contribution is -0.120. The van der Waals surface area contributed by atoms with Crippen molar-refractivity contribution >= 4 is 29.1 Å². The second kappa shape index (κ2) is 5.61. The van der Waals surface area contributed by atoms with E-state index < -0.39 is 5.54 Å². The summed E-state index contributed by atoms with van der Waals surface area (Å²) in [4.78, 5) is 11.3. The van der Waals surface area contributed by atoms with Crippen LogP contribution in [-0.2, 0) is 10.3 Å². The summed E-state index contributed by atoms with van der Waals surface area (Å²) in [6.07, 6.45) is 0. The number of alkyl halides is 1. The Morgan fingerprint density at radius 3 is 2.59 bits per heavy atom. The standard InChI is InChI=1S/C12H15Cl2NO2/c1-12(2,15-11(16)7-13)8-4-9(14)6-10(5-8)17-3/h4-6H,7H2,1-3H3,(H,15,16). The lowest BCUT2D eigenvalue weighted by atomic mass is 9.94. The Balaban J connectivity index is 3.04. The predicted molar refractivity (Wildman–Crippen MR) is 69.9 cm³/mol. The molecule has 0 saturated carbocycles. The molecule has 1 aromatic carbocycles. The van der Waals surface area contributed by atoms with E-state index in [1.54, 1.807) is 19.2 Å². The van der Waals surface area contributed by atoms with Gasteiger partial charge in [-0.1, -0.05) is 11.6 Å². The van der Waals surface area contributed by atoms with Gasteiger partial charge in [-0.25, -0.2) is 0 Å². The number of methoxy groups -OCH3 is 1. The molecule has 0 bridgehead atoms. The molecule has 0 aliphatic carbocycles. The Kier molecular flexibility index (Phi) is 4.66. The van der Waals surface area contributed by atoms with E-state index in [0.29, 0.717) is 10.8 Å². The summed E-state index contributed by atoms with van der Waals surface area (Å²) in [6.45, 7) is 3.76. The highest BCUT2D eigenvalue weighted by Crippen LogP contribution is 2.28. The van der Waals surface area contributed by atoms with Gasteiger partial charge in [0.2, 0.25) is 5.91 Å². The van der Waals surface area contributed by atoms with Crippen molar-refractivity contribution in [2.45, 2.75) is 19.4 Å². The van der Waals surface area contributed by atoms with Crippen LogP contribution in [0.5, 0.6) is 5.75 Å². The van der Waals surface area contributed by atoms with Gasteiger partial charge in [-0.3, -0.25) is 4.79 Å². The van der Waals surface area contributed by atoms with Gasteiger partial charge in [0.1, 0.15) is 11.6 Å². The number of carbonyl (C=O) groups excluding carboxylic acids is 1. The van der Waals surface area contributed by atoms with Crippen LogP contribution in [0.3, 0.4) is 0 Å². The molecular formula is C12H15Cl2NO2. The van der Waals surface area contributed by atoms with Crippen LogP contribution in [0.2, 0.25) is 5.02 Å². The molecule has 3 nitrogen and oxygen atoms in total. The third-order valence-electron chi connectivity index (χ3n) is 2.40. The Morgan fingerprint density at radius 2 is 2.06 bits per heavy atom. The first-order valence-corrected chi connectivity index (χ1v) is 6.02. The molecular weight excluding hydrogens is 261 g/mol. The zero-order valence-electron chi connectivity index (χ0n) is 10.0. The summed E-state index contributed by atoms with van der Waals surface area (Å²) in [5.41, 5.74) is 0.310. The van der Waals surface area contributed by atoms with E-state index in [1.807, 2.05) is 19.9 Å². The van der Waals surface area contributed by atoms with Crippen LogP contribution >= 0.6 is 23.2 Å². The molecule has 5 heteroatoms. The van der Waals surface area contributed by atoms with Crippen molar-refractivity contribution in [2.24, 2.45) is 0 Å². The van der Waals surface area contributed by atoms with E-state index in [9.17, 15) is 4.79 Å². The number of rotatable bonds is 4. The summed E-state index contributed by atoms with van der Waals surface area (Å²) in [6, 6.07) is 5.34. The first-order valence-electron chi connectivity index (χ1n) is 5.11. The van der Waals surface area contributed by atoms with Crippen LogP contribution in [0, 0.1) is 0 Å². The fourth-order valence-corrected chi connectivity index (χ4v) is 1.79. The minimum Gasteiger partial charge on any atom is -0.497 e. The largest absolute Gasteiger partial charge is 0.497 e. The molecule has 0 aromatic heterocycles. The van der Waals surface area contributed by atoms with Crippen LogP contribution in [0.4, 0.5) is 0 Å². The van der Waals surface area contributed by atoms with Gasteiger partial charge in [-0.05, 0) is 37.6 Å². The molecule has 1 aromatic rings. The second-order valence-electron chi connectivity index (χ2n) is 4.19. The highest BCUT2D eigenvalue weighted by molar-refractivity contribution is 6.30. The Bertz CT molecular complexity index is 419. The second-order valence-corrected chi connectivity index (χ2v) is 4.89. The number of nitrogens with one attached hydrogen (secondary N) is 1. The quantitative estimate of drug-likeness (QED) is 0.859. The van der Waals surface area contributed by atoms with Crippen LogP contribution in [0.15, 0.2) is 18.2 Å². The average molecular weight is 276 g/mol. The summed E-state index contributed by atoms with van der Waals surface area (Å²) in [5, 5.41) is 3.38. The van der Waals surface area contributed by atoms with Crippen molar-refractivity contribution in [3.8, 4) is 5.75 Å². The maximum Gasteiger partial charge on any atom is 0.235 e. The van der Waals surface area contributed by atoms with Gasteiger partial charge in [-0.15, -0.1) is 11.6 Å². The third-order valence-corrected chi connectivity index (χ3v) is 2.86. The van der Waals surface area contributed by atoms with Crippen LogP contribution < -0.4 is 10.1 Å². The monoisotopic (exact) mass is 275 g/mol. The van der Waals surface area contributed by atoms with Gasteiger partial charge in [0, 0.05) is 5.02 Å². The highest BCUT2D eigenvalue weighted by Gasteiger charge is 2.23. The summed E-state index contributed by atoms with van der Waals surface area (Å²) < 4.78 is 5.14. The summed E-state index contributed by atoms with van der Waals surface area (Å²) >= 11 is 11.5. The van der Waals surface area contributed by atoms with Gasteiger partial charge >= 0.3 is 0 Å². The SMILES string of the molecule is COc1cc(Cl)cc(C(C)(C)NC(=O)CCl)c1. The van der Waals surface area contributed by atoms with Crippen LogP contribution in [0.25, 0.3) is 0 Å². The lowest BCUT2D eigenvalue weighted by Crippen LogP contribution is -2.41. The average Bonchev–Trinajstić information content (AvgIpc) is 2.27. The minimum absolute atomic E-state index is 0.0683. The molecule has 0 unspecified atom stereocenters. The number of benzene rings is 1. The molecule has 1 amide bonds. The first kappa shape index (κ1) is 14.1. The Morgan fingerprint density at radius 1 is 1.41 bits per heavy atom. The molecule has 0 atom stereocenters. The zero-order chi connectivity index (χ0) is 13.1. The predicted octanol–water partition coefficient (Wildman–Crippen LogP) is 2.94. The van der Waals surface area contributed by atoms with E-state index in [1.165, 1.54) is 0 Å². The van der Waals surface area contributed by atoms with Gasteiger partial charge in [0.15, 0.2) is 0 Å². The molecule has 0 aliphatic heterocycles. The van der Waals surface area contributed by atoms with E-state index >= 15 is 0 Å². The topological polar surface area (TPSA) is 38.3 Å². The molecule has 1 N–H and O–H groups in total. The van der Waals surface area contributed by atoms with Crippen molar-refractivity contribution in [1.29, 1.82) is 0 Å². The highest BCUT2D eigenvalue weighted by atomic mass is 35.5. The van der Waals surface area contributed by atoms with Gasteiger partial charge in [0.05, 0.1) is 12.6 Å². The van der Waals surface area contributed by atoms with Crippen molar-refractivity contribution < 1.29 is 9.53 Å². The molecule has 0 fully saturated rings. The normalized spacial score (nSPS) is 11.1. The Labute approximate surface area is 111 Å². The Hall–Kier alpha value is -0.930. The van der Waals surface area contributed by atoms with Crippen molar-refractivity contribution in [3.05, 3.63) is 28.8 Å². The molecule has 0 heterocycles. The van der Waals surface area contributed by atoms with Crippen molar-refractivity contribution in [2.75, 3.05) is 13.0 Å². The molecule has 0 saturated heterocycles. The number of hydrogen-bond donors (Lipinski definition) is 1. The molecule has 1 rings (SSSR count). The molecule has 17 heavy (non-hydrogen) atoms. The number of halogens is 2.